The molecule has 0 atom stereocenters. The van der Waals surface area contributed by atoms with Crippen LogP contribution in [0.1, 0.15) is 6.42 Å². The fraction of sp³-hybridized carbons (Fsp3) is 0.857. The lowest BCUT2D eigenvalue weighted by molar-refractivity contribution is 0.238. The topological polar surface area (TPSA) is 38.7 Å². The zero-order valence-corrected chi connectivity index (χ0v) is 8.89. The van der Waals surface area contributed by atoms with Crippen LogP contribution in [0.3, 0.4) is 0 Å². The van der Waals surface area contributed by atoms with Crippen molar-refractivity contribution in [2.24, 2.45) is 0 Å². The molecule has 0 fully saturated rings. The van der Waals surface area contributed by atoms with E-state index in [1.165, 1.54) is 0 Å². The molecule has 1 radical (unpaired) electrons. The second-order valence-corrected chi connectivity index (χ2v) is 5.95. The minimum absolute atomic E-state index is 0. The zero-order valence-electron chi connectivity index (χ0n) is 7.89. The van der Waals surface area contributed by atoms with E-state index in [0.717, 1.165) is 12.5 Å². The van der Waals surface area contributed by atoms with Crippen LogP contribution in [0.2, 0.25) is 12.6 Å². The van der Waals surface area contributed by atoms with Crippen molar-refractivity contribution in [3.8, 4) is 0 Å². The van der Waals surface area contributed by atoms with Gasteiger partial charge in [0.1, 0.15) is 0 Å². The molecular weight excluding hydrogens is 160 g/mol. The Morgan fingerprint density at radius 3 is 2.00 bits per heavy atom. The highest BCUT2D eigenvalue weighted by Gasteiger charge is 2.27. The summed E-state index contributed by atoms with van der Waals surface area (Å²) in [6, 6.07) is 0.858. The lowest BCUT2D eigenvalue weighted by atomic mass is 10.5. The van der Waals surface area contributed by atoms with Gasteiger partial charge in [-0.15, -0.1) is 0 Å². The molecule has 0 aromatic rings. The van der Waals surface area contributed by atoms with Gasteiger partial charge in [-0.1, -0.05) is 7.43 Å². The van der Waals surface area contributed by atoms with Crippen LogP contribution >= 0.6 is 0 Å². The molecule has 0 amide bonds. The molecule has 3 nitrogen and oxygen atoms in total. The molecule has 69 valence electrons. The molecule has 0 unspecified atom stereocenters. The molecule has 0 aliphatic carbocycles. The van der Waals surface area contributed by atoms with Crippen molar-refractivity contribution in [2.75, 3.05) is 20.8 Å². The zero-order chi connectivity index (χ0) is 8.04. The predicted octanol–water partition coefficient (Wildman–Crippen LogP) is 1.18. The molecule has 0 aromatic heterocycles. The van der Waals surface area contributed by atoms with Crippen molar-refractivity contribution in [1.29, 1.82) is 0 Å². The van der Waals surface area contributed by atoms with Gasteiger partial charge >= 0.3 is 8.56 Å². The third-order valence-electron chi connectivity index (χ3n) is 1.65. The van der Waals surface area contributed by atoms with Gasteiger partial charge in [0.25, 0.3) is 0 Å². The number of rotatable bonds is 5. The summed E-state index contributed by atoms with van der Waals surface area (Å²) in [5.41, 5.74) is 0. The Hall–Kier alpha value is 0.0969. The number of aliphatic hydroxyl groups excluding tert-OH is 1. The number of aliphatic hydroxyl groups is 1. The van der Waals surface area contributed by atoms with Gasteiger partial charge in [-0.3, -0.25) is 0 Å². The summed E-state index contributed by atoms with van der Waals surface area (Å²) in [7, 11) is 1.44. The molecule has 0 aliphatic rings. The predicted molar refractivity (Wildman–Crippen MR) is 48.6 cm³/mol. The Kier molecular flexibility index (Phi) is 8.43. The highest BCUT2D eigenvalue weighted by atomic mass is 28.4. The van der Waals surface area contributed by atoms with E-state index in [1.54, 1.807) is 14.2 Å². The number of hydrogen-bond acceptors (Lipinski definition) is 3. The lowest BCUT2D eigenvalue weighted by Crippen LogP contribution is -2.35. The highest BCUT2D eigenvalue weighted by molar-refractivity contribution is 6.65. The molecule has 0 bridgehead atoms. The molecular formula is C7H19O3Si. The normalized spacial score (nSPS) is 10.9. The largest absolute Gasteiger partial charge is 0.398 e. The fourth-order valence-electron chi connectivity index (χ4n) is 0.688. The maximum absolute atomic E-state index is 8.53. The molecule has 1 N–H and O–H groups in total. The summed E-state index contributed by atoms with van der Waals surface area (Å²) in [5, 5.41) is 8.53. The second-order valence-electron chi connectivity index (χ2n) is 2.37. The first kappa shape index (κ1) is 13.7. The summed E-state index contributed by atoms with van der Waals surface area (Å²) in [6.45, 7) is 2.21. The van der Waals surface area contributed by atoms with Crippen LogP contribution in [-0.2, 0) is 8.85 Å². The van der Waals surface area contributed by atoms with Gasteiger partial charge in [0.05, 0.1) is 0 Å². The van der Waals surface area contributed by atoms with Gasteiger partial charge in [-0.25, -0.2) is 0 Å². The average molecular weight is 179 g/mol. The molecule has 4 heteroatoms. The Bertz CT molecular complexity index is 83.8. The molecule has 0 saturated heterocycles. The molecule has 0 aliphatic heterocycles. The monoisotopic (exact) mass is 179 g/mol. The highest BCUT2D eigenvalue weighted by Crippen LogP contribution is 2.12. The molecule has 0 heterocycles. The summed E-state index contributed by atoms with van der Waals surface area (Å²) in [5.74, 6) is 0. The van der Waals surface area contributed by atoms with E-state index in [4.69, 9.17) is 14.0 Å². The lowest BCUT2D eigenvalue weighted by Gasteiger charge is -2.21. The summed E-state index contributed by atoms with van der Waals surface area (Å²) < 4.78 is 10.4. The smallest absolute Gasteiger partial charge is 0.334 e. The van der Waals surface area contributed by atoms with Crippen molar-refractivity contribution in [1.82, 2.24) is 0 Å². The molecule has 11 heavy (non-hydrogen) atoms. The van der Waals surface area contributed by atoms with Crippen LogP contribution in [0.5, 0.6) is 0 Å². The SMILES string of the molecule is CO[Si](C)(CCCO)OC.[CH3]. The fourth-order valence-corrected chi connectivity index (χ4v) is 2.06. The Balaban J connectivity index is 0. The quantitative estimate of drug-likeness (QED) is 0.644. The van der Waals surface area contributed by atoms with Gasteiger partial charge < -0.3 is 14.0 Å². The number of hydrogen-bond donors (Lipinski definition) is 1. The summed E-state index contributed by atoms with van der Waals surface area (Å²) in [6.07, 6.45) is 0.768. The van der Waals surface area contributed by atoms with E-state index >= 15 is 0 Å². The second kappa shape index (κ2) is 6.79. The maximum atomic E-state index is 8.53. The van der Waals surface area contributed by atoms with Gasteiger partial charge in [0, 0.05) is 20.8 Å². The Morgan fingerprint density at radius 2 is 1.73 bits per heavy atom. The van der Waals surface area contributed by atoms with Crippen molar-refractivity contribution < 1.29 is 14.0 Å². The first-order chi connectivity index (χ1) is 4.68. The van der Waals surface area contributed by atoms with Crippen LogP contribution in [0.25, 0.3) is 0 Å². The molecule has 0 aromatic carbocycles. The van der Waals surface area contributed by atoms with E-state index in [1.807, 2.05) is 6.55 Å². The van der Waals surface area contributed by atoms with E-state index in [0.29, 0.717) is 0 Å². The van der Waals surface area contributed by atoms with Crippen LogP contribution in [0.4, 0.5) is 0 Å². The molecule has 0 spiro atoms. The van der Waals surface area contributed by atoms with Gasteiger partial charge in [-0.05, 0) is 19.0 Å². The van der Waals surface area contributed by atoms with Crippen LogP contribution in [0, 0.1) is 7.43 Å². The van der Waals surface area contributed by atoms with Crippen LogP contribution in [0.15, 0.2) is 0 Å². The van der Waals surface area contributed by atoms with Crippen molar-refractivity contribution in [3.63, 3.8) is 0 Å². The van der Waals surface area contributed by atoms with Gasteiger partial charge in [0.2, 0.25) is 0 Å². The van der Waals surface area contributed by atoms with Crippen LogP contribution in [-0.4, -0.2) is 34.5 Å². The van der Waals surface area contributed by atoms with Crippen molar-refractivity contribution >= 4 is 8.56 Å². The van der Waals surface area contributed by atoms with Crippen LogP contribution < -0.4 is 0 Å². The van der Waals surface area contributed by atoms with Gasteiger partial charge in [-0.2, -0.15) is 0 Å². The third-order valence-corrected chi connectivity index (χ3v) is 4.64. The minimum atomic E-state index is -1.88. The average Bonchev–Trinajstić information content (AvgIpc) is 2.00. The Labute approximate surface area is 70.6 Å². The van der Waals surface area contributed by atoms with E-state index < -0.39 is 8.56 Å². The van der Waals surface area contributed by atoms with E-state index in [2.05, 4.69) is 0 Å². The van der Waals surface area contributed by atoms with E-state index in [-0.39, 0.29) is 14.0 Å². The third kappa shape index (κ3) is 5.38. The van der Waals surface area contributed by atoms with Crippen molar-refractivity contribution in [2.45, 2.75) is 19.0 Å². The van der Waals surface area contributed by atoms with Gasteiger partial charge in [0.15, 0.2) is 0 Å². The summed E-state index contributed by atoms with van der Waals surface area (Å²) >= 11 is 0. The Morgan fingerprint density at radius 1 is 1.27 bits per heavy atom. The standard InChI is InChI=1S/C6H16O3Si.CH3/c1-8-10(3,9-2)6-4-5-7;/h7H,4-6H2,1-3H3;1H3. The summed E-state index contributed by atoms with van der Waals surface area (Å²) in [4.78, 5) is 0. The maximum Gasteiger partial charge on any atom is 0.334 e. The first-order valence-corrected chi connectivity index (χ1v) is 5.92. The minimum Gasteiger partial charge on any atom is -0.398 e. The van der Waals surface area contributed by atoms with Crippen molar-refractivity contribution in [3.05, 3.63) is 7.43 Å². The molecule has 0 saturated carbocycles. The molecule has 0 rings (SSSR count). The first-order valence-electron chi connectivity index (χ1n) is 3.39. The van der Waals surface area contributed by atoms with E-state index in [9.17, 15) is 0 Å².